The van der Waals surface area contributed by atoms with Crippen LogP contribution in [-0.2, 0) is 19.1 Å². The molecule has 0 heterocycles. The highest BCUT2D eigenvalue weighted by Crippen LogP contribution is 1.98. The summed E-state index contributed by atoms with van der Waals surface area (Å²) in [6, 6.07) is 9.49. The summed E-state index contributed by atoms with van der Waals surface area (Å²) >= 11 is 1.26. The summed E-state index contributed by atoms with van der Waals surface area (Å²) in [6.45, 7) is 2.81. The number of nitrogens with one attached hydrogen (secondary N) is 1. The van der Waals surface area contributed by atoms with Gasteiger partial charge >= 0.3 is 5.97 Å². The average Bonchev–Trinajstić information content (AvgIpc) is 2.63. The van der Waals surface area contributed by atoms with Crippen molar-refractivity contribution >= 4 is 35.8 Å². The van der Waals surface area contributed by atoms with E-state index in [0.717, 1.165) is 37.8 Å². The van der Waals surface area contributed by atoms with E-state index in [2.05, 4.69) is 17.0 Å². The Morgan fingerprint density at radius 1 is 1.24 bits per heavy atom. The highest BCUT2D eigenvalue weighted by Gasteiger charge is 1.98. The van der Waals surface area contributed by atoms with Crippen molar-refractivity contribution in [3.05, 3.63) is 30.3 Å². The van der Waals surface area contributed by atoms with Crippen molar-refractivity contribution in [2.75, 3.05) is 25.1 Å². The van der Waals surface area contributed by atoms with Gasteiger partial charge in [-0.2, -0.15) is 0 Å². The highest BCUT2D eigenvalue weighted by atomic mass is 32.2. The standard InChI is InChI=1S/C8H18N2OS.C6H7N.C3H4O3/c1-2-3-4-5-8(11)10-6-7-12-9;7-6-4-2-1-3-5-6;1-6-3(5)2-4/h2-7,9H2,1H3,(H,10,11);1-5H,7H2;2H,1H3. The molecule has 0 fully saturated rings. The molecule has 5 N–H and O–H groups in total. The second kappa shape index (κ2) is 20.0. The van der Waals surface area contributed by atoms with Crippen molar-refractivity contribution in [1.29, 1.82) is 0 Å². The number of nitrogen functional groups attached to an aromatic ring is 1. The van der Waals surface area contributed by atoms with Crippen molar-refractivity contribution < 1.29 is 19.1 Å². The van der Waals surface area contributed by atoms with Crippen LogP contribution in [0, 0.1) is 0 Å². The molecule has 0 aliphatic carbocycles. The van der Waals surface area contributed by atoms with Gasteiger partial charge in [-0.1, -0.05) is 49.9 Å². The number of rotatable bonds is 8. The maximum atomic E-state index is 11.0. The quantitative estimate of drug-likeness (QED) is 0.159. The fourth-order valence-electron chi connectivity index (χ4n) is 1.37. The number of carbonyl (C=O) groups excluding carboxylic acids is 3. The van der Waals surface area contributed by atoms with Crippen molar-refractivity contribution in [1.82, 2.24) is 5.32 Å². The molecule has 0 aromatic heterocycles. The highest BCUT2D eigenvalue weighted by molar-refractivity contribution is 7.97. The lowest BCUT2D eigenvalue weighted by atomic mass is 10.2. The van der Waals surface area contributed by atoms with Gasteiger partial charge in [0.05, 0.1) is 7.11 Å². The molecular weight excluding hydrogens is 342 g/mol. The van der Waals surface area contributed by atoms with Crippen LogP contribution in [0.1, 0.15) is 32.6 Å². The van der Waals surface area contributed by atoms with Gasteiger partial charge in [0.25, 0.3) is 0 Å². The molecule has 1 rings (SSSR count). The first-order chi connectivity index (χ1) is 12.0. The first-order valence-electron chi connectivity index (χ1n) is 7.93. The number of amides is 1. The first-order valence-corrected chi connectivity index (χ1v) is 8.98. The zero-order valence-electron chi connectivity index (χ0n) is 14.9. The summed E-state index contributed by atoms with van der Waals surface area (Å²) in [4.78, 5) is 29.9. The van der Waals surface area contributed by atoms with Gasteiger partial charge in [0, 0.05) is 24.4 Å². The molecule has 1 aromatic carbocycles. The summed E-state index contributed by atoms with van der Waals surface area (Å²) in [5, 5.41) is 8.00. The van der Waals surface area contributed by atoms with Crippen LogP contribution in [0.4, 0.5) is 5.69 Å². The largest absolute Gasteiger partial charge is 0.463 e. The van der Waals surface area contributed by atoms with Gasteiger partial charge in [-0.05, 0) is 18.6 Å². The molecule has 0 aliphatic rings. The van der Waals surface area contributed by atoms with Gasteiger partial charge in [-0.15, -0.1) is 0 Å². The third-order valence-corrected chi connectivity index (χ3v) is 3.09. The van der Waals surface area contributed by atoms with E-state index in [0.29, 0.717) is 13.0 Å². The number of para-hydroxylation sites is 1. The number of benzene rings is 1. The number of nitrogens with two attached hydrogens (primary N) is 2. The maximum Gasteiger partial charge on any atom is 0.371 e. The van der Waals surface area contributed by atoms with Gasteiger partial charge in [-0.25, -0.2) is 4.79 Å². The van der Waals surface area contributed by atoms with Gasteiger partial charge in [0.15, 0.2) is 0 Å². The number of anilines is 1. The Balaban J connectivity index is 0. The lowest BCUT2D eigenvalue weighted by Gasteiger charge is -2.02. The number of aldehydes is 1. The lowest BCUT2D eigenvalue weighted by Crippen LogP contribution is -2.25. The van der Waals surface area contributed by atoms with Gasteiger partial charge in [0.1, 0.15) is 0 Å². The Bertz CT molecular complexity index is 446. The summed E-state index contributed by atoms with van der Waals surface area (Å²) in [5.41, 5.74) is 6.18. The molecule has 0 atom stereocenters. The predicted octanol–water partition coefficient (Wildman–Crippen LogP) is 1.92. The topological polar surface area (TPSA) is 125 Å². The fraction of sp³-hybridized carbons (Fsp3) is 0.471. The van der Waals surface area contributed by atoms with Crippen LogP contribution in [0.25, 0.3) is 0 Å². The first kappa shape index (κ1) is 25.2. The van der Waals surface area contributed by atoms with Crippen LogP contribution in [0.15, 0.2) is 30.3 Å². The monoisotopic (exact) mass is 371 g/mol. The van der Waals surface area contributed by atoms with Crippen molar-refractivity contribution in [3.8, 4) is 0 Å². The minimum absolute atomic E-state index is 0.111. The normalized spacial score (nSPS) is 8.76. The van der Waals surface area contributed by atoms with Crippen molar-refractivity contribution in [2.24, 2.45) is 5.14 Å². The predicted molar refractivity (Wildman–Crippen MR) is 103 cm³/mol. The second-order valence-electron chi connectivity index (χ2n) is 4.73. The molecule has 0 unspecified atom stereocenters. The van der Waals surface area contributed by atoms with Gasteiger partial charge in [0.2, 0.25) is 12.2 Å². The number of esters is 1. The van der Waals surface area contributed by atoms with E-state index < -0.39 is 5.97 Å². The maximum absolute atomic E-state index is 11.0. The van der Waals surface area contributed by atoms with Crippen LogP contribution in [0.2, 0.25) is 0 Å². The zero-order valence-corrected chi connectivity index (χ0v) is 15.7. The molecule has 0 saturated heterocycles. The molecule has 8 heteroatoms. The van der Waals surface area contributed by atoms with Crippen LogP contribution < -0.4 is 16.2 Å². The number of unbranched alkanes of at least 4 members (excludes halogenated alkanes) is 2. The lowest BCUT2D eigenvalue weighted by molar-refractivity contribution is -0.146. The average molecular weight is 372 g/mol. The Morgan fingerprint density at radius 2 is 1.88 bits per heavy atom. The number of hydrogen-bond donors (Lipinski definition) is 3. The molecular formula is C17H29N3O4S. The minimum atomic E-state index is -0.838. The summed E-state index contributed by atoms with van der Waals surface area (Å²) in [5.74, 6) is 0.104. The van der Waals surface area contributed by atoms with Crippen LogP contribution in [0.3, 0.4) is 0 Å². The van der Waals surface area contributed by atoms with Gasteiger partial charge in [-0.3, -0.25) is 14.7 Å². The Kier molecular flexibility index (Phi) is 20.1. The third kappa shape index (κ3) is 21.9. The molecule has 7 nitrogen and oxygen atoms in total. The molecule has 142 valence electrons. The summed E-state index contributed by atoms with van der Waals surface area (Å²) in [7, 11) is 1.15. The fourth-order valence-corrected chi connectivity index (χ4v) is 1.59. The molecule has 0 spiro atoms. The van der Waals surface area contributed by atoms with Crippen molar-refractivity contribution in [2.45, 2.75) is 32.6 Å². The molecule has 1 aromatic rings. The second-order valence-corrected chi connectivity index (χ2v) is 5.47. The summed E-state index contributed by atoms with van der Waals surface area (Å²) in [6.07, 6.45) is 4.06. The number of hydrogen-bond acceptors (Lipinski definition) is 7. The van der Waals surface area contributed by atoms with Crippen LogP contribution in [-0.4, -0.2) is 37.6 Å². The molecule has 0 radical (unpaired) electrons. The van der Waals surface area contributed by atoms with Crippen LogP contribution >= 0.6 is 11.9 Å². The molecule has 0 saturated carbocycles. The van der Waals surface area contributed by atoms with E-state index in [1.54, 1.807) is 0 Å². The molecule has 25 heavy (non-hydrogen) atoms. The SMILES string of the molecule is CCCCCC(=O)NCCSN.COC(=O)C=O.Nc1ccccc1. The summed E-state index contributed by atoms with van der Waals surface area (Å²) < 4.78 is 3.89. The third-order valence-electron chi connectivity index (χ3n) is 2.65. The van der Waals surface area contributed by atoms with Gasteiger partial charge < -0.3 is 15.8 Å². The molecule has 1 amide bonds. The van der Waals surface area contributed by atoms with E-state index in [1.165, 1.54) is 11.9 Å². The number of ether oxygens (including phenoxy) is 1. The van der Waals surface area contributed by atoms with E-state index in [9.17, 15) is 14.4 Å². The smallest absolute Gasteiger partial charge is 0.371 e. The number of methoxy groups -OCH3 is 1. The minimum Gasteiger partial charge on any atom is -0.463 e. The molecule has 0 aliphatic heterocycles. The van der Waals surface area contributed by atoms with E-state index in [-0.39, 0.29) is 12.2 Å². The van der Waals surface area contributed by atoms with Crippen molar-refractivity contribution in [3.63, 3.8) is 0 Å². The number of carbonyl (C=O) groups is 3. The molecule has 0 bridgehead atoms. The zero-order chi connectivity index (χ0) is 19.3. The Labute approximate surface area is 154 Å². The Morgan fingerprint density at radius 3 is 2.24 bits per heavy atom. The van der Waals surface area contributed by atoms with E-state index in [4.69, 9.17) is 10.9 Å². The van der Waals surface area contributed by atoms with E-state index in [1.807, 2.05) is 30.3 Å². The van der Waals surface area contributed by atoms with E-state index >= 15 is 0 Å². The Hall–Kier alpha value is -2.06. The van der Waals surface area contributed by atoms with Crippen LogP contribution in [0.5, 0.6) is 0 Å².